The third-order valence-corrected chi connectivity index (χ3v) is 7.08. The Kier molecular flexibility index (Phi) is 11.4. The van der Waals surface area contributed by atoms with Crippen LogP contribution in [0, 0.1) is 6.92 Å². The maximum Gasteiger partial charge on any atom is 0.272 e. The monoisotopic (exact) mass is 499 g/mol. The predicted octanol–water partition coefficient (Wildman–Crippen LogP) is 7.55. The number of amides is 1. The lowest BCUT2D eigenvalue weighted by atomic mass is 10.1. The van der Waals surface area contributed by atoms with Gasteiger partial charge in [-0.3, -0.25) is 9.48 Å². The van der Waals surface area contributed by atoms with Gasteiger partial charge in [-0.05, 0) is 49.2 Å². The Morgan fingerprint density at radius 3 is 2.26 bits per heavy atom. The Labute approximate surface area is 212 Å². The average molecular weight is 500 g/mol. The van der Waals surface area contributed by atoms with Crippen LogP contribution in [-0.2, 0) is 6.54 Å². The highest BCUT2D eigenvalue weighted by molar-refractivity contribution is 7.16. The molecule has 0 fully saturated rings. The molecule has 1 unspecified atom stereocenters. The number of aromatic nitrogens is 2. The second-order valence-electron chi connectivity index (χ2n) is 9.20. The second-order valence-corrected chi connectivity index (χ2v) is 10.2. The zero-order valence-corrected chi connectivity index (χ0v) is 22.4. The smallest absolute Gasteiger partial charge is 0.272 e. The third kappa shape index (κ3) is 8.10. The first kappa shape index (κ1) is 26.7. The molecule has 3 aromatic rings. The number of carbonyl (C=O) groups excluding carboxylic acids is 1. The number of hydrogen-bond donors (Lipinski definition) is 1. The summed E-state index contributed by atoms with van der Waals surface area (Å²) in [6.45, 7) is 3.25. The van der Waals surface area contributed by atoms with Gasteiger partial charge in [0.05, 0.1) is 12.1 Å². The zero-order chi connectivity index (χ0) is 24.2. The molecule has 0 saturated carbocycles. The Balaban J connectivity index is 1.45. The van der Waals surface area contributed by atoms with E-state index < -0.39 is 0 Å². The number of hydrogen-bond acceptors (Lipinski definition) is 2. The first-order chi connectivity index (χ1) is 16.6. The second kappa shape index (κ2) is 14.5. The van der Waals surface area contributed by atoms with E-state index in [-0.39, 0.29) is 5.91 Å². The molecule has 0 aliphatic carbocycles. The molecule has 184 valence electrons. The number of fused-ring (bicyclic) bond motifs is 1. The van der Waals surface area contributed by atoms with E-state index in [0.717, 1.165) is 39.9 Å². The molecule has 2 aromatic carbocycles. The number of para-hydroxylation sites is 1. The van der Waals surface area contributed by atoms with Crippen molar-refractivity contribution >= 4 is 37.7 Å². The van der Waals surface area contributed by atoms with E-state index in [9.17, 15) is 4.79 Å². The zero-order valence-electron chi connectivity index (χ0n) is 20.5. The van der Waals surface area contributed by atoms with Gasteiger partial charge >= 0.3 is 0 Å². The lowest BCUT2D eigenvalue weighted by Crippen LogP contribution is -2.25. The summed E-state index contributed by atoms with van der Waals surface area (Å²) in [7, 11) is 2.81. The van der Waals surface area contributed by atoms with Crippen molar-refractivity contribution in [3.63, 3.8) is 0 Å². The molecule has 0 aliphatic rings. The highest BCUT2D eigenvalue weighted by atomic mass is 35.5. The Bertz CT molecular complexity index is 1050. The van der Waals surface area contributed by atoms with Gasteiger partial charge < -0.3 is 5.32 Å². The summed E-state index contributed by atoms with van der Waals surface area (Å²) < 4.78 is 1.88. The molecule has 1 atom stereocenters. The van der Waals surface area contributed by atoms with Crippen LogP contribution in [0.25, 0.3) is 10.9 Å². The quantitative estimate of drug-likeness (QED) is 0.173. The summed E-state index contributed by atoms with van der Waals surface area (Å²) >= 11 is 6.44. The first-order valence-electron chi connectivity index (χ1n) is 12.8. The van der Waals surface area contributed by atoms with Crippen LogP contribution in [0.1, 0.15) is 85.8 Å². The molecule has 0 saturated heterocycles. The number of nitrogens with one attached hydrogen (secondary N) is 1. The fourth-order valence-electron chi connectivity index (χ4n) is 4.33. The van der Waals surface area contributed by atoms with Crippen molar-refractivity contribution in [1.29, 1.82) is 0 Å². The number of rotatable bonds is 15. The number of halogens is 1. The molecule has 1 N–H and O–H groups in total. The fraction of sp³-hybridized carbons (Fsp3) is 0.500. The van der Waals surface area contributed by atoms with E-state index in [1.54, 1.807) is 0 Å². The Morgan fingerprint density at radius 1 is 0.941 bits per heavy atom. The molecule has 0 bridgehead atoms. The van der Waals surface area contributed by atoms with E-state index >= 15 is 0 Å². The van der Waals surface area contributed by atoms with Crippen LogP contribution in [0.4, 0.5) is 0 Å². The molecule has 34 heavy (non-hydrogen) atoms. The molecule has 0 radical (unpaired) electrons. The van der Waals surface area contributed by atoms with Crippen LogP contribution in [0.15, 0.2) is 42.5 Å². The van der Waals surface area contributed by atoms with Gasteiger partial charge in [-0.2, -0.15) is 5.10 Å². The maximum atomic E-state index is 12.9. The standard InChI is InChI=1S/C28H39ClN3OP/c1-22-16-17-23(25(29)20-22)21-32-26-15-11-10-14-24(26)27(31-32)28(33)30-18-12-8-6-4-2-3-5-7-9-13-19-34/h10-11,14-17,20H,2-9,12-13,18-19,21,34H2,1H3,(H,30,33). The average Bonchev–Trinajstić information content (AvgIpc) is 3.20. The minimum absolute atomic E-state index is 0.101. The molecule has 0 spiro atoms. The van der Waals surface area contributed by atoms with Crippen LogP contribution < -0.4 is 5.32 Å². The summed E-state index contributed by atoms with van der Waals surface area (Å²) in [5.74, 6) is -0.101. The van der Waals surface area contributed by atoms with Gasteiger partial charge in [0.25, 0.3) is 5.91 Å². The topological polar surface area (TPSA) is 46.9 Å². The minimum Gasteiger partial charge on any atom is -0.351 e. The number of carbonyl (C=O) groups is 1. The van der Waals surface area contributed by atoms with Crippen LogP contribution in [0.3, 0.4) is 0 Å². The molecular formula is C28H39ClN3OP. The summed E-state index contributed by atoms with van der Waals surface area (Å²) in [6, 6.07) is 13.9. The summed E-state index contributed by atoms with van der Waals surface area (Å²) in [4.78, 5) is 12.9. The third-order valence-electron chi connectivity index (χ3n) is 6.32. The fourth-order valence-corrected chi connectivity index (χ4v) is 4.91. The number of aryl methyl sites for hydroxylation is 1. The molecule has 1 heterocycles. The number of benzene rings is 2. The van der Waals surface area contributed by atoms with E-state index in [1.807, 2.05) is 54.1 Å². The lowest BCUT2D eigenvalue weighted by molar-refractivity contribution is 0.0948. The molecule has 6 heteroatoms. The van der Waals surface area contributed by atoms with Gasteiger partial charge in [-0.1, -0.05) is 93.3 Å². The van der Waals surface area contributed by atoms with Crippen molar-refractivity contribution in [2.45, 2.75) is 77.7 Å². The normalized spacial score (nSPS) is 11.3. The van der Waals surface area contributed by atoms with Gasteiger partial charge in [0.1, 0.15) is 0 Å². The van der Waals surface area contributed by atoms with Crippen molar-refractivity contribution in [2.24, 2.45) is 0 Å². The SMILES string of the molecule is Cc1ccc(Cn2nc(C(=O)NCCCCCCCCCCCCP)c3ccccc32)c(Cl)c1. The summed E-state index contributed by atoms with van der Waals surface area (Å²) in [5.41, 5.74) is 3.55. The van der Waals surface area contributed by atoms with Gasteiger partial charge in [0.15, 0.2) is 5.69 Å². The summed E-state index contributed by atoms with van der Waals surface area (Å²) in [6.07, 6.45) is 14.1. The van der Waals surface area contributed by atoms with Crippen LogP contribution in [0.2, 0.25) is 5.02 Å². The van der Waals surface area contributed by atoms with Gasteiger partial charge in [-0.25, -0.2) is 0 Å². The van der Waals surface area contributed by atoms with Gasteiger partial charge in [0, 0.05) is 17.0 Å². The van der Waals surface area contributed by atoms with Crippen molar-refractivity contribution < 1.29 is 4.79 Å². The van der Waals surface area contributed by atoms with E-state index in [4.69, 9.17) is 11.6 Å². The van der Waals surface area contributed by atoms with Gasteiger partial charge in [0.2, 0.25) is 0 Å². The molecule has 3 rings (SSSR count). The highest BCUT2D eigenvalue weighted by Crippen LogP contribution is 2.23. The van der Waals surface area contributed by atoms with Crippen LogP contribution in [0.5, 0.6) is 0 Å². The molecule has 4 nitrogen and oxygen atoms in total. The maximum absolute atomic E-state index is 12.9. The van der Waals surface area contributed by atoms with E-state index in [1.165, 1.54) is 57.5 Å². The Morgan fingerprint density at radius 2 is 1.59 bits per heavy atom. The van der Waals surface area contributed by atoms with Crippen molar-refractivity contribution in [3.05, 3.63) is 64.3 Å². The lowest BCUT2D eigenvalue weighted by Gasteiger charge is -2.07. The first-order valence-corrected chi connectivity index (χ1v) is 14.0. The van der Waals surface area contributed by atoms with Crippen molar-refractivity contribution in [2.75, 3.05) is 12.7 Å². The number of unbranched alkanes of at least 4 members (excludes halogenated alkanes) is 9. The van der Waals surface area contributed by atoms with E-state index in [2.05, 4.69) is 19.7 Å². The van der Waals surface area contributed by atoms with Crippen molar-refractivity contribution in [3.8, 4) is 0 Å². The van der Waals surface area contributed by atoms with Crippen LogP contribution in [-0.4, -0.2) is 28.4 Å². The van der Waals surface area contributed by atoms with Crippen LogP contribution >= 0.6 is 20.8 Å². The predicted molar refractivity (Wildman–Crippen MR) is 148 cm³/mol. The Hall–Kier alpha value is -1.90. The van der Waals surface area contributed by atoms with Crippen molar-refractivity contribution in [1.82, 2.24) is 15.1 Å². The molecular weight excluding hydrogens is 461 g/mol. The highest BCUT2D eigenvalue weighted by Gasteiger charge is 2.17. The molecule has 0 aliphatic heterocycles. The summed E-state index contributed by atoms with van der Waals surface area (Å²) in [5, 5.41) is 9.34. The number of nitrogens with zero attached hydrogens (tertiary/aromatic N) is 2. The van der Waals surface area contributed by atoms with Gasteiger partial charge in [-0.15, -0.1) is 9.24 Å². The molecule has 1 aromatic heterocycles. The minimum atomic E-state index is -0.101. The molecule has 1 amide bonds. The van der Waals surface area contributed by atoms with E-state index in [0.29, 0.717) is 18.8 Å². The largest absolute Gasteiger partial charge is 0.351 e.